The summed E-state index contributed by atoms with van der Waals surface area (Å²) in [5.74, 6) is -0.387. The number of aromatic amines is 1. The fourth-order valence-corrected chi connectivity index (χ4v) is 4.28. The third-order valence-electron chi connectivity index (χ3n) is 6.03. The predicted molar refractivity (Wildman–Crippen MR) is 137 cm³/mol. The van der Waals surface area contributed by atoms with Crippen molar-refractivity contribution in [1.29, 1.82) is 0 Å². The molecule has 5 heterocycles. The molecule has 0 unspecified atom stereocenters. The van der Waals surface area contributed by atoms with Gasteiger partial charge in [-0.3, -0.25) is 14.0 Å². The van der Waals surface area contributed by atoms with Crippen molar-refractivity contribution in [3.8, 4) is 0 Å². The van der Waals surface area contributed by atoms with Gasteiger partial charge in [0.05, 0.1) is 5.69 Å². The largest absolute Gasteiger partial charge is 0.357 e. The zero-order valence-electron chi connectivity index (χ0n) is 19.3. The highest BCUT2D eigenvalue weighted by atomic mass is 16.2. The molecule has 9 heteroatoms. The van der Waals surface area contributed by atoms with Crippen LogP contribution in [-0.2, 0) is 19.6 Å². The van der Waals surface area contributed by atoms with E-state index in [4.69, 9.17) is 0 Å². The fraction of sp³-hybridized carbons (Fsp3) is 0.111. The molecule has 6 rings (SSSR count). The normalized spacial score (nSPS) is 11.4. The maximum Gasteiger partial charge on any atom is 0.270 e. The van der Waals surface area contributed by atoms with E-state index in [-0.39, 0.29) is 17.2 Å². The van der Waals surface area contributed by atoms with Gasteiger partial charge in [-0.25, -0.2) is 9.97 Å². The SMILES string of the molecule is O=C(NCc1ccc2cc(CNCc3cn4ccccc4n3)[nH]c2c1)c1cc(=O)n2ccccc2n1. The van der Waals surface area contributed by atoms with Crippen LogP contribution >= 0.6 is 0 Å². The summed E-state index contributed by atoms with van der Waals surface area (Å²) in [6, 6.07) is 20.6. The topological polar surface area (TPSA) is 109 Å². The van der Waals surface area contributed by atoms with Crippen molar-refractivity contribution in [2.24, 2.45) is 0 Å². The summed E-state index contributed by atoms with van der Waals surface area (Å²) in [5.41, 5.74) is 5.17. The van der Waals surface area contributed by atoms with Crippen LogP contribution < -0.4 is 16.2 Å². The van der Waals surface area contributed by atoms with Crippen LogP contribution in [0, 0.1) is 0 Å². The Morgan fingerprint density at radius 3 is 2.64 bits per heavy atom. The van der Waals surface area contributed by atoms with Crippen molar-refractivity contribution in [3.63, 3.8) is 0 Å². The number of carbonyl (C=O) groups excluding carboxylic acids is 1. The Kier molecular flexibility index (Phi) is 5.51. The molecule has 5 aromatic heterocycles. The number of nitrogens with zero attached hydrogens (tertiary/aromatic N) is 4. The van der Waals surface area contributed by atoms with Crippen LogP contribution in [0.2, 0.25) is 0 Å². The zero-order chi connectivity index (χ0) is 24.5. The van der Waals surface area contributed by atoms with Crippen molar-refractivity contribution in [3.05, 3.63) is 118 Å². The van der Waals surface area contributed by atoms with Crippen molar-refractivity contribution < 1.29 is 4.79 Å². The molecule has 0 bridgehead atoms. The van der Waals surface area contributed by atoms with Gasteiger partial charge in [0.15, 0.2) is 0 Å². The zero-order valence-corrected chi connectivity index (χ0v) is 19.3. The average molecular weight is 478 g/mol. The van der Waals surface area contributed by atoms with Gasteiger partial charge in [0.2, 0.25) is 0 Å². The highest BCUT2D eigenvalue weighted by Crippen LogP contribution is 2.17. The lowest BCUT2D eigenvalue weighted by molar-refractivity contribution is 0.0946. The Bertz CT molecular complexity index is 1750. The van der Waals surface area contributed by atoms with E-state index < -0.39 is 0 Å². The quantitative estimate of drug-likeness (QED) is 0.328. The van der Waals surface area contributed by atoms with E-state index in [0.717, 1.165) is 33.5 Å². The van der Waals surface area contributed by atoms with Gasteiger partial charge in [0.1, 0.15) is 17.0 Å². The Hall–Kier alpha value is -4.76. The number of hydrogen-bond donors (Lipinski definition) is 3. The van der Waals surface area contributed by atoms with Crippen LogP contribution in [-0.4, -0.2) is 29.7 Å². The van der Waals surface area contributed by atoms with E-state index in [0.29, 0.717) is 25.3 Å². The van der Waals surface area contributed by atoms with Crippen molar-refractivity contribution in [2.75, 3.05) is 0 Å². The van der Waals surface area contributed by atoms with E-state index in [1.165, 1.54) is 10.5 Å². The highest BCUT2D eigenvalue weighted by molar-refractivity contribution is 5.92. The van der Waals surface area contributed by atoms with Gasteiger partial charge in [0, 0.05) is 55.5 Å². The first-order chi connectivity index (χ1) is 17.6. The summed E-state index contributed by atoms with van der Waals surface area (Å²) >= 11 is 0. The molecular weight excluding hydrogens is 454 g/mol. The van der Waals surface area contributed by atoms with E-state index in [9.17, 15) is 9.59 Å². The van der Waals surface area contributed by atoms with Crippen LogP contribution in [0.3, 0.4) is 0 Å². The number of pyridine rings is 2. The number of amides is 1. The Morgan fingerprint density at radius 2 is 1.75 bits per heavy atom. The molecule has 178 valence electrons. The Labute approximate surface area is 205 Å². The number of aromatic nitrogens is 5. The molecule has 1 aromatic carbocycles. The molecule has 1 amide bonds. The number of H-pyrrole nitrogens is 1. The van der Waals surface area contributed by atoms with Crippen molar-refractivity contribution in [2.45, 2.75) is 19.6 Å². The number of fused-ring (bicyclic) bond motifs is 3. The number of carbonyl (C=O) groups is 1. The molecule has 9 nitrogen and oxygen atoms in total. The monoisotopic (exact) mass is 477 g/mol. The number of nitrogens with one attached hydrogen (secondary N) is 3. The third kappa shape index (κ3) is 4.35. The molecular formula is C27H23N7O2. The number of hydrogen-bond acceptors (Lipinski definition) is 5. The standard InChI is InChI=1S/C27H23N7O2/c35-26-13-23(32-25-6-2-4-10-34(25)26)27(36)29-14-18-7-8-19-12-20(30-22(19)11-18)15-28-16-21-17-33-9-3-1-5-24(33)31-21/h1-13,17,28,30H,14-16H2,(H,29,36). The second-order valence-corrected chi connectivity index (χ2v) is 8.61. The van der Waals surface area contributed by atoms with Crippen molar-refractivity contribution >= 4 is 28.1 Å². The molecule has 0 saturated carbocycles. The predicted octanol–water partition coefficient (Wildman–Crippen LogP) is 3.04. The lowest BCUT2D eigenvalue weighted by Gasteiger charge is -2.06. The maximum absolute atomic E-state index is 12.6. The minimum absolute atomic E-state index is 0.103. The van der Waals surface area contributed by atoms with Gasteiger partial charge in [-0.15, -0.1) is 0 Å². The second-order valence-electron chi connectivity index (χ2n) is 8.61. The van der Waals surface area contributed by atoms with E-state index in [2.05, 4.69) is 31.7 Å². The molecule has 0 spiro atoms. The first-order valence-corrected chi connectivity index (χ1v) is 11.6. The molecule has 0 fully saturated rings. The smallest absolute Gasteiger partial charge is 0.270 e. The third-order valence-corrected chi connectivity index (χ3v) is 6.03. The van der Waals surface area contributed by atoms with E-state index >= 15 is 0 Å². The minimum atomic E-state index is -0.387. The van der Waals surface area contributed by atoms with Gasteiger partial charge in [-0.1, -0.05) is 24.3 Å². The molecule has 0 atom stereocenters. The van der Waals surface area contributed by atoms with Gasteiger partial charge in [-0.2, -0.15) is 0 Å². The maximum atomic E-state index is 12.6. The molecule has 0 radical (unpaired) electrons. The number of rotatable bonds is 7. The van der Waals surface area contributed by atoms with Crippen LogP contribution in [0.5, 0.6) is 0 Å². The first-order valence-electron chi connectivity index (χ1n) is 11.6. The summed E-state index contributed by atoms with van der Waals surface area (Å²) < 4.78 is 3.41. The van der Waals surface area contributed by atoms with Crippen molar-refractivity contribution in [1.82, 2.24) is 34.4 Å². The van der Waals surface area contributed by atoms with Crippen LogP contribution in [0.25, 0.3) is 22.2 Å². The van der Waals surface area contributed by atoms with Crippen LogP contribution in [0.1, 0.15) is 27.4 Å². The summed E-state index contributed by atoms with van der Waals surface area (Å²) in [7, 11) is 0. The minimum Gasteiger partial charge on any atom is -0.357 e. The molecule has 0 aliphatic carbocycles. The van der Waals surface area contributed by atoms with Gasteiger partial charge < -0.3 is 20.0 Å². The molecule has 0 aliphatic heterocycles. The molecule has 0 saturated heterocycles. The Morgan fingerprint density at radius 1 is 0.889 bits per heavy atom. The Balaban J connectivity index is 1.09. The molecule has 3 N–H and O–H groups in total. The number of benzene rings is 1. The first kappa shape index (κ1) is 21.8. The van der Waals surface area contributed by atoms with E-state index in [1.54, 1.807) is 24.4 Å². The fourth-order valence-electron chi connectivity index (χ4n) is 4.28. The summed E-state index contributed by atoms with van der Waals surface area (Å²) in [6.45, 7) is 1.67. The summed E-state index contributed by atoms with van der Waals surface area (Å²) in [6.07, 6.45) is 5.64. The lowest BCUT2D eigenvalue weighted by atomic mass is 10.1. The van der Waals surface area contributed by atoms with Gasteiger partial charge in [0.25, 0.3) is 11.5 Å². The van der Waals surface area contributed by atoms with Crippen LogP contribution in [0.4, 0.5) is 0 Å². The molecule has 0 aliphatic rings. The number of imidazole rings is 1. The lowest BCUT2D eigenvalue weighted by Crippen LogP contribution is -2.26. The van der Waals surface area contributed by atoms with E-state index in [1.807, 2.05) is 53.2 Å². The second kappa shape index (κ2) is 9.12. The molecule has 6 aromatic rings. The molecule has 36 heavy (non-hydrogen) atoms. The van der Waals surface area contributed by atoms with Gasteiger partial charge in [-0.05, 0) is 47.3 Å². The summed E-state index contributed by atoms with van der Waals surface area (Å²) in [5, 5.41) is 7.39. The summed E-state index contributed by atoms with van der Waals surface area (Å²) in [4.78, 5) is 37.2. The average Bonchev–Trinajstić information content (AvgIpc) is 3.50. The van der Waals surface area contributed by atoms with Crippen LogP contribution in [0.15, 0.2) is 90.1 Å². The highest BCUT2D eigenvalue weighted by Gasteiger charge is 2.11. The van der Waals surface area contributed by atoms with Gasteiger partial charge >= 0.3 is 0 Å².